The molecule has 2 heterocycles. The molecule has 4 heteroatoms. The predicted octanol–water partition coefficient (Wildman–Crippen LogP) is 1.06. The maximum absolute atomic E-state index is 10.4. The van der Waals surface area contributed by atoms with Gasteiger partial charge in [-0.2, -0.15) is 0 Å². The van der Waals surface area contributed by atoms with Crippen molar-refractivity contribution in [2.45, 2.75) is 6.42 Å². The smallest absolute Gasteiger partial charge is 0.225 e. The molecule has 0 N–H and O–H groups in total. The number of hydrogen-bond donors (Lipinski definition) is 0. The molecule has 14 heavy (non-hydrogen) atoms. The van der Waals surface area contributed by atoms with Gasteiger partial charge in [-0.15, -0.1) is 0 Å². The molecular formula is C10H11N3O. The van der Waals surface area contributed by atoms with Crippen molar-refractivity contribution in [2.75, 3.05) is 18.0 Å². The van der Waals surface area contributed by atoms with Crippen LogP contribution in [0.3, 0.4) is 0 Å². The number of nitrogens with zero attached hydrogens (tertiary/aromatic N) is 3. The van der Waals surface area contributed by atoms with Crippen LogP contribution in [0.4, 0.5) is 5.95 Å². The highest BCUT2D eigenvalue weighted by atomic mass is 16.1. The van der Waals surface area contributed by atoms with E-state index in [1.165, 1.54) is 18.0 Å². The summed E-state index contributed by atoms with van der Waals surface area (Å²) in [6.45, 7) is 5.65. The van der Waals surface area contributed by atoms with Gasteiger partial charge in [0.25, 0.3) is 0 Å². The van der Waals surface area contributed by atoms with Gasteiger partial charge in [0.1, 0.15) is 0 Å². The van der Waals surface area contributed by atoms with E-state index in [0.717, 1.165) is 25.8 Å². The Morgan fingerprint density at radius 2 is 2.14 bits per heavy atom. The van der Waals surface area contributed by atoms with E-state index in [9.17, 15) is 4.79 Å². The molecule has 1 saturated heterocycles. The minimum absolute atomic E-state index is 0.506. The van der Waals surface area contributed by atoms with Gasteiger partial charge in [0.2, 0.25) is 5.95 Å². The van der Waals surface area contributed by atoms with Crippen LogP contribution in [0, 0.1) is 0 Å². The Balaban J connectivity index is 2.16. The molecule has 0 amide bonds. The molecule has 1 aliphatic rings. The van der Waals surface area contributed by atoms with Crippen LogP contribution in [0.2, 0.25) is 0 Å². The lowest BCUT2D eigenvalue weighted by Crippen LogP contribution is -2.20. The molecule has 0 aliphatic carbocycles. The third-order valence-electron chi connectivity index (χ3n) is 2.23. The van der Waals surface area contributed by atoms with Crippen LogP contribution in [0.1, 0.15) is 16.8 Å². The second kappa shape index (κ2) is 3.57. The van der Waals surface area contributed by atoms with Crippen molar-refractivity contribution in [1.82, 2.24) is 9.97 Å². The van der Waals surface area contributed by atoms with Crippen LogP contribution in [0.15, 0.2) is 24.5 Å². The van der Waals surface area contributed by atoms with E-state index in [4.69, 9.17) is 0 Å². The Labute approximate surface area is 82.3 Å². The van der Waals surface area contributed by atoms with Gasteiger partial charge < -0.3 is 4.90 Å². The third kappa shape index (κ3) is 1.64. The van der Waals surface area contributed by atoms with E-state index in [1.807, 2.05) is 0 Å². The Kier molecular flexibility index (Phi) is 2.26. The lowest BCUT2D eigenvalue weighted by atomic mass is 10.3. The van der Waals surface area contributed by atoms with Crippen molar-refractivity contribution < 1.29 is 4.79 Å². The fourth-order valence-corrected chi connectivity index (χ4v) is 1.45. The van der Waals surface area contributed by atoms with Crippen LogP contribution in [0.5, 0.6) is 0 Å². The number of hydrogen-bond acceptors (Lipinski definition) is 4. The molecule has 2 rings (SSSR count). The van der Waals surface area contributed by atoms with Gasteiger partial charge >= 0.3 is 0 Å². The molecule has 4 nitrogen and oxygen atoms in total. The summed E-state index contributed by atoms with van der Waals surface area (Å²) in [5, 5.41) is 0. The second-order valence-electron chi connectivity index (χ2n) is 3.36. The maximum Gasteiger partial charge on any atom is 0.225 e. The number of anilines is 1. The molecule has 0 radical (unpaired) electrons. The monoisotopic (exact) mass is 189 g/mol. The lowest BCUT2D eigenvalue weighted by Gasteiger charge is -2.13. The molecule has 0 bridgehead atoms. The van der Waals surface area contributed by atoms with Gasteiger partial charge in [-0.25, -0.2) is 9.97 Å². The molecule has 0 spiro atoms. The largest absolute Gasteiger partial charge is 0.337 e. The minimum Gasteiger partial charge on any atom is -0.337 e. The number of carbonyl (C=O) groups is 1. The highest BCUT2D eigenvalue weighted by Crippen LogP contribution is 2.17. The van der Waals surface area contributed by atoms with E-state index < -0.39 is 0 Å². The standard InChI is InChI=1S/C10H11N3O/c1-8-2-3-13(6-8)10-11-4-9(7-14)5-12-10/h4-5,7H,1-3,6H2. The highest BCUT2D eigenvalue weighted by Gasteiger charge is 2.17. The highest BCUT2D eigenvalue weighted by molar-refractivity contribution is 5.73. The summed E-state index contributed by atoms with van der Waals surface area (Å²) in [7, 11) is 0. The predicted molar refractivity (Wildman–Crippen MR) is 53.4 cm³/mol. The summed E-state index contributed by atoms with van der Waals surface area (Å²) in [5.41, 5.74) is 1.71. The number of aldehydes is 1. The van der Waals surface area contributed by atoms with Crippen molar-refractivity contribution in [3.8, 4) is 0 Å². The fraction of sp³-hybridized carbons (Fsp3) is 0.300. The average Bonchev–Trinajstić information content (AvgIpc) is 2.65. The summed E-state index contributed by atoms with van der Waals surface area (Å²) in [6.07, 6.45) is 4.82. The van der Waals surface area contributed by atoms with Crippen molar-refractivity contribution in [2.24, 2.45) is 0 Å². The molecule has 0 atom stereocenters. The molecule has 1 aromatic rings. The van der Waals surface area contributed by atoms with Gasteiger partial charge in [-0.1, -0.05) is 12.2 Å². The molecule has 0 aromatic carbocycles. The van der Waals surface area contributed by atoms with Gasteiger partial charge in [0.15, 0.2) is 6.29 Å². The molecule has 0 saturated carbocycles. The number of carbonyl (C=O) groups excluding carboxylic acids is 1. The van der Waals surface area contributed by atoms with Crippen LogP contribution in [0.25, 0.3) is 0 Å². The molecule has 1 fully saturated rings. The molecular weight excluding hydrogens is 178 g/mol. The van der Waals surface area contributed by atoms with Crippen LogP contribution in [-0.4, -0.2) is 29.3 Å². The van der Waals surface area contributed by atoms with Crippen LogP contribution in [-0.2, 0) is 0 Å². The lowest BCUT2D eigenvalue weighted by molar-refractivity contribution is 0.112. The van der Waals surface area contributed by atoms with E-state index in [0.29, 0.717) is 11.5 Å². The van der Waals surface area contributed by atoms with Gasteiger partial charge in [-0.05, 0) is 6.42 Å². The first-order chi connectivity index (χ1) is 6.79. The van der Waals surface area contributed by atoms with Crippen molar-refractivity contribution >= 4 is 12.2 Å². The zero-order valence-electron chi connectivity index (χ0n) is 7.81. The van der Waals surface area contributed by atoms with Crippen LogP contribution >= 0.6 is 0 Å². The summed E-state index contributed by atoms with van der Waals surface area (Å²) in [5.74, 6) is 0.675. The Morgan fingerprint density at radius 3 is 2.64 bits per heavy atom. The van der Waals surface area contributed by atoms with Crippen molar-refractivity contribution in [1.29, 1.82) is 0 Å². The number of aromatic nitrogens is 2. The summed E-state index contributed by atoms with van der Waals surface area (Å²) < 4.78 is 0. The normalized spacial score (nSPS) is 16.0. The number of rotatable bonds is 2. The van der Waals surface area contributed by atoms with E-state index >= 15 is 0 Å². The second-order valence-corrected chi connectivity index (χ2v) is 3.36. The summed E-state index contributed by atoms with van der Waals surface area (Å²) in [4.78, 5) is 20.7. The van der Waals surface area contributed by atoms with Gasteiger partial charge in [-0.3, -0.25) is 4.79 Å². The quantitative estimate of drug-likeness (QED) is 0.515. The molecule has 1 aliphatic heterocycles. The molecule has 1 aromatic heterocycles. The summed E-state index contributed by atoms with van der Waals surface area (Å²) >= 11 is 0. The first kappa shape index (κ1) is 8.87. The SMILES string of the molecule is C=C1CCN(c2ncc(C=O)cn2)C1. The van der Waals surface area contributed by atoms with E-state index in [2.05, 4.69) is 21.4 Å². The Morgan fingerprint density at radius 1 is 1.43 bits per heavy atom. The zero-order valence-corrected chi connectivity index (χ0v) is 7.81. The first-order valence-corrected chi connectivity index (χ1v) is 4.48. The van der Waals surface area contributed by atoms with Crippen molar-refractivity contribution in [3.63, 3.8) is 0 Å². The fourth-order valence-electron chi connectivity index (χ4n) is 1.45. The van der Waals surface area contributed by atoms with Crippen LogP contribution < -0.4 is 4.90 Å². The van der Waals surface area contributed by atoms with Gasteiger partial charge in [0, 0.05) is 25.5 Å². The third-order valence-corrected chi connectivity index (χ3v) is 2.23. The van der Waals surface area contributed by atoms with Gasteiger partial charge in [0.05, 0.1) is 5.56 Å². The average molecular weight is 189 g/mol. The summed E-state index contributed by atoms with van der Waals surface area (Å²) in [6, 6.07) is 0. The maximum atomic E-state index is 10.4. The molecule has 0 unspecified atom stereocenters. The topological polar surface area (TPSA) is 46.1 Å². The Hall–Kier alpha value is -1.71. The van der Waals surface area contributed by atoms with E-state index in [1.54, 1.807) is 0 Å². The minimum atomic E-state index is 0.506. The molecule has 72 valence electrons. The Bertz CT molecular complexity index is 358. The van der Waals surface area contributed by atoms with Crippen molar-refractivity contribution in [3.05, 3.63) is 30.1 Å². The zero-order chi connectivity index (χ0) is 9.97. The first-order valence-electron chi connectivity index (χ1n) is 4.48. The van der Waals surface area contributed by atoms with E-state index in [-0.39, 0.29) is 0 Å².